The highest BCUT2D eigenvalue weighted by atomic mass is 79.9. The van der Waals surface area contributed by atoms with Crippen LogP contribution in [0.25, 0.3) is 0 Å². The van der Waals surface area contributed by atoms with E-state index in [1.165, 1.54) is 0 Å². The summed E-state index contributed by atoms with van der Waals surface area (Å²) < 4.78 is 6.41. The number of hydrogen-bond donors (Lipinski definition) is 1. The van der Waals surface area contributed by atoms with Crippen LogP contribution in [0.3, 0.4) is 0 Å². The van der Waals surface area contributed by atoms with Crippen LogP contribution in [-0.4, -0.2) is 24.5 Å². The fourth-order valence-electron chi connectivity index (χ4n) is 2.58. The SMILES string of the molecule is C[C@H]1Oc2ccccc2N(CCC(=O)Nc2ccccc2Br)C1=O. The summed E-state index contributed by atoms with van der Waals surface area (Å²) in [4.78, 5) is 26.2. The lowest BCUT2D eigenvalue weighted by molar-refractivity contribution is -0.125. The molecule has 0 saturated carbocycles. The molecule has 1 heterocycles. The quantitative estimate of drug-likeness (QED) is 0.870. The normalized spacial score (nSPS) is 16.3. The Bertz CT molecular complexity index is 778. The Hall–Kier alpha value is -2.34. The molecule has 0 radical (unpaired) electrons. The number of anilines is 2. The Morgan fingerprint density at radius 3 is 2.71 bits per heavy atom. The van der Waals surface area contributed by atoms with Crippen LogP contribution in [-0.2, 0) is 9.59 Å². The Kier molecular flexibility index (Phi) is 4.85. The van der Waals surface area contributed by atoms with E-state index in [9.17, 15) is 9.59 Å². The van der Waals surface area contributed by atoms with Crippen molar-refractivity contribution in [2.24, 2.45) is 0 Å². The molecule has 0 aromatic heterocycles. The summed E-state index contributed by atoms with van der Waals surface area (Å²) in [5, 5.41) is 2.84. The van der Waals surface area contributed by atoms with E-state index in [-0.39, 0.29) is 18.2 Å². The van der Waals surface area contributed by atoms with E-state index in [2.05, 4.69) is 21.2 Å². The Labute approximate surface area is 148 Å². The van der Waals surface area contributed by atoms with Gasteiger partial charge in [-0.25, -0.2) is 0 Å². The highest BCUT2D eigenvalue weighted by Gasteiger charge is 2.31. The van der Waals surface area contributed by atoms with Gasteiger partial charge in [0.2, 0.25) is 5.91 Å². The van der Waals surface area contributed by atoms with Gasteiger partial charge in [0, 0.05) is 17.4 Å². The van der Waals surface area contributed by atoms with Gasteiger partial charge in [-0.3, -0.25) is 9.59 Å². The van der Waals surface area contributed by atoms with Crippen LogP contribution in [0, 0.1) is 0 Å². The molecule has 0 aliphatic carbocycles. The first-order chi connectivity index (χ1) is 11.6. The molecule has 2 aromatic rings. The summed E-state index contributed by atoms with van der Waals surface area (Å²) in [5.41, 5.74) is 1.42. The Balaban J connectivity index is 1.68. The summed E-state index contributed by atoms with van der Waals surface area (Å²) in [6.07, 6.45) is -0.347. The minimum Gasteiger partial charge on any atom is -0.479 e. The average molecular weight is 389 g/mol. The molecule has 24 heavy (non-hydrogen) atoms. The number of halogens is 1. The predicted molar refractivity (Wildman–Crippen MR) is 96.3 cm³/mol. The molecule has 2 aromatic carbocycles. The van der Waals surface area contributed by atoms with E-state index >= 15 is 0 Å². The third kappa shape index (κ3) is 3.43. The maximum absolute atomic E-state index is 12.4. The number of fused-ring (bicyclic) bond motifs is 1. The molecule has 0 bridgehead atoms. The number of nitrogens with one attached hydrogen (secondary N) is 1. The molecular formula is C18H17BrN2O3. The summed E-state index contributed by atoms with van der Waals surface area (Å²) in [6, 6.07) is 14.8. The smallest absolute Gasteiger partial charge is 0.267 e. The van der Waals surface area contributed by atoms with Crippen LogP contribution in [0.1, 0.15) is 13.3 Å². The number of carbonyl (C=O) groups is 2. The first-order valence-electron chi connectivity index (χ1n) is 7.67. The molecule has 124 valence electrons. The maximum atomic E-state index is 12.4. The number of rotatable bonds is 4. The van der Waals surface area contributed by atoms with Gasteiger partial charge in [-0.2, -0.15) is 0 Å². The second kappa shape index (κ2) is 7.05. The van der Waals surface area contributed by atoms with Crippen LogP contribution in [0.5, 0.6) is 5.75 Å². The Morgan fingerprint density at radius 1 is 1.21 bits per heavy atom. The first kappa shape index (κ1) is 16.5. The van der Waals surface area contributed by atoms with Crippen LogP contribution < -0.4 is 15.0 Å². The monoisotopic (exact) mass is 388 g/mol. The van der Waals surface area contributed by atoms with Crippen molar-refractivity contribution in [2.75, 3.05) is 16.8 Å². The van der Waals surface area contributed by atoms with Gasteiger partial charge in [0.25, 0.3) is 5.91 Å². The highest BCUT2D eigenvalue weighted by Crippen LogP contribution is 2.33. The van der Waals surface area contributed by atoms with E-state index in [4.69, 9.17) is 4.74 Å². The molecule has 5 nitrogen and oxygen atoms in total. The van der Waals surface area contributed by atoms with Crippen LogP contribution in [0.2, 0.25) is 0 Å². The van der Waals surface area contributed by atoms with Crippen LogP contribution in [0.4, 0.5) is 11.4 Å². The standard InChI is InChI=1S/C18H17BrN2O3/c1-12-18(23)21(15-8-4-5-9-16(15)24-12)11-10-17(22)20-14-7-3-2-6-13(14)19/h2-9,12H,10-11H2,1H3,(H,20,22)/t12-/m1/s1. The van der Waals surface area contributed by atoms with Gasteiger partial charge in [-0.05, 0) is 47.1 Å². The lowest BCUT2D eigenvalue weighted by Gasteiger charge is -2.32. The molecule has 0 fully saturated rings. The minimum absolute atomic E-state index is 0.137. The van der Waals surface area contributed by atoms with Crippen molar-refractivity contribution < 1.29 is 14.3 Å². The van der Waals surface area contributed by atoms with E-state index in [0.717, 1.165) is 4.47 Å². The number of nitrogens with zero attached hydrogens (tertiary/aromatic N) is 1. The van der Waals surface area contributed by atoms with Crippen molar-refractivity contribution >= 4 is 39.1 Å². The summed E-state index contributed by atoms with van der Waals surface area (Å²) in [5.74, 6) is 0.379. The van der Waals surface area contributed by atoms with Crippen LogP contribution >= 0.6 is 15.9 Å². The lowest BCUT2D eigenvalue weighted by Crippen LogP contribution is -2.45. The van der Waals surface area contributed by atoms with Gasteiger partial charge in [0.1, 0.15) is 5.75 Å². The fraction of sp³-hybridized carbons (Fsp3) is 0.222. The number of ether oxygens (including phenoxy) is 1. The van der Waals surface area contributed by atoms with Gasteiger partial charge in [0.05, 0.1) is 11.4 Å². The molecule has 1 aliphatic rings. The van der Waals surface area contributed by atoms with Crippen molar-refractivity contribution in [2.45, 2.75) is 19.4 Å². The van der Waals surface area contributed by atoms with E-state index < -0.39 is 6.10 Å². The first-order valence-corrected chi connectivity index (χ1v) is 8.47. The van der Waals surface area contributed by atoms with Gasteiger partial charge in [-0.1, -0.05) is 24.3 Å². The molecule has 1 N–H and O–H groups in total. The second-order valence-corrected chi connectivity index (χ2v) is 6.35. The molecule has 3 rings (SSSR count). The molecule has 6 heteroatoms. The highest BCUT2D eigenvalue weighted by molar-refractivity contribution is 9.10. The number of carbonyl (C=O) groups excluding carboxylic acids is 2. The van der Waals surface area contributed by atoms with Gasteiger partial charge < -0.3 is 15.0 Å². The second-order valence-electron chi connectivity index (χ2n) is 5.50. The summed E-state index contributed by atoms with van der Waals surface area (Å²) in [6.45, 7) is 2.02. The van der Waals surface area contributed by atoms with Crippen molar-refractivity contribution in [3.8, 4) is 5.75 Å². The minimum atomic E-state index is -0.550. The van der Waals surface area contributed by atoms with Crippen LogP contribution in [0.15, 0.2) is 53.0 Å². The van der Waals surface area contributed by atoms with Gasteiger partial charge >= 0.3 is 0 Å². The zero-order chi connectivity index (χ0) is 17.1. The Morgan fingerprint density at radius 2 is 1.92 bits per heavy atom. The average Bonchev–Trinajstić information content (AvgIpc) is 2.57. The largest absolute Gasteiger partial charge is 0.479 e. The number of hydrogen-bond acceptors (Lipinski definition) is 3. The molecule has 1 atom stereocenters. The van der Waals surface area contributed by atoms with E-state index in [0.29, 0.717) is 23.7 Å². The molecule has 1 aliphatic heterocycles. The van der Waals surface area contributed by atoms with Crippen molar-refractivity contribution in [1.29, 1.82) is 0 Å². The third-order valence-electron chi connectivity index (χ3n) is 3.78. The molecule has 0 spiro atoms. The third-order valence-corrected chi connectivity index (χ3v) is 4.48. The zero-order valence-electron chi connectivity index (χ0n) is 13.2. The summed E-state index contributed by atoms with van der Waals surface area (Å²) >= 11 is 3.40. The molecule has 0 saturated heterocycles. The zero-order valence-corrected chi connectivity index (χ0v) is 14.7. The van der Waals surface area contributed by atoms with Gasteiger partial charge in [0.15, 0.2) is 6.10 Å². The molecule has 0 unspecified atom stereocenters. The number of amides is 2. The van der Waals surface area contributed by atoms with E-state index in [1.54, 1.807) is 11.8 Å². The van der Waals surface area contributed by atoms with E-state index in [1.807, 2.05) is 48.5 Å². The molecule has 2 amide bonds. The summed E-state index contributed by atoms with van der Waals surface area (Å²) in [7, 11) is 0. The fourth-order valence-corrected chi connectivity index (χ4v) is 2.96. The van der Waals surface area contributed by atoms with Crippen molar-refractivity contribution in [1.82, 2.24) is 0 Å². The number of para-hydroxylation sites is 3. The molecular weight excluding hydrogens is 372 g/mol. The lowest BCUT2D eigenvalue weighted by atomic mass is 10.1. The topological polar surface area (TPSA) is 58.6 Å². The number of benzene rings is 2. The van der Waals surface area contributed by atoms with Gasteiger partial charge in [-0.15, -0.1) is 0 Å². The maximum Gasteiger partial charge on any atom is 0.267 e. The van der Waals surface area contributed by atoms with Crippen molar-refractivity contribution in [3.63, 3.8) is 0 Å². The predicted octanol–water partition coefficient (Wildman–Crippen LogP) is 3.59. The van der Waals surface area contributed by atoms with Crippen molar-refractivity contribution in [3.05, 3.63) is 53.0 Å².